The van der Waals surface area contributed by atoms with Crippen LogP contribution < -0.4 is 20.1 Å². The minimum absolute atomic E-state index is 0.150. The molecule has 0 saturated heterocycles. The van der Waals surface area contributed by atoms with E-state index in [1.807, 2.05) is 25.1 Å². The molecule has 0 radical (unpaired) electrons. The van der Waals surface area contributed by atoms with Gasteiger partial charge >= 0.3 is 0 Å². The number of amides is 2. The van der Waals surface area contributed by atoms with Gasteiger partial charge in [0.2, 0.25) is 5.91 Å². The number of carbonyl (C=O) groups excluding carboxylic acids is 2. The highest BCUT2D eigenvalue weighted by Crippen LogP contribution is 2.31. The summed E-state index contributed by atoms with van der Waals surface area (Å²) in [4.78, 5) is 23.7. The van der Waals surface area contributed by atoms with E-state index in [-0.39, 0.29) is 17.9 Å². The Hall–Kier alpha value is -3.02. The Labute approximate surface area is 172 Å². The first-order valence-corrected chi connectivity index (χ1v) is 10.0. The van der Waals surface area contributed by atoms with E-state index in [1.54, 1.807) is 24.3 Å². The van der Waals surface area contributed by atoms with Crippen LogP contribution in [0.5, 0.6) is 11.5 Å². The molecule has 2 rings (SSSR count). The Balaban J connectivity index is 2.09. The SMILES string of the molecule is CCCOc1ccc(C(C)NC(=O)c2ccc(NC(C)=O)cc2)cc1OCCC. The standard InChI is InChI=1S/C23H30N2O4/c1-5-13-28-21-12-9-19(15-22(21)29-14-6-2)16(3)24-23(27)18-7-10-20(11-8-18)25-17(4)26/h7-12,15-16H,5-6,13-14H2,1-4H3,(H,24,27)(H,25,26). The van der Waals surface area contributed by atoms with Crippen molar-refractivity contribution in [2.45, 2.75) is 46.6 Å². The average molecular weight is 399 g/mol. The second-order valence-corrected chi connectivity index (χ2v) is 6.86. The molecule has 156 valence electrons. The summed E-state index contributed by atoms with van der Waals surface area (Å²) in [5.41, 5.74) is 2.11. The van der Waals surface area contributed by atoms with Gasteiger partial charge in [-0.15, -0.1) is 0 Å². The van der Waals surface area contributed by atoms with Crippen molar-refractivity contribution in [2.75, 3.05) is 18.5 Å². The number of carbonyl (C=O) groups is 2. The quantitative estimate of drug-likeness (QED) is 0.607. The monoisotopic (exact) mass is 398 g/mol. The molecule has 0 aliphatic carbocycles. The van der Waals surface area contributed by atoms with Crippen LogP contribution in [0.4, 0.5) is 5.69 Å². The van der Waals surface area contributed by atoms with Crippen molar-refractivity contribution in [2.24, 2.45) is 0 Å². The fourth-order valence-corrected chi connectivity index (χ4v) is 2.72. The van der Waals surface area contributed by atoms with E-state index in [9.17, 15) is 9.59 Å². The summed E-state index contributed by atoms with van der Waals surface area (Å²) in [7, 11) is 0. The number of benzene rings is 2. The van der Waals surface area contributed by atoms with Crippen LogP contribution in [-0.2, 0) is 4.79 Å². The van der Waals surface area contributed by atoms with E-state index in [4.69, 9.17) is 9.47 Å². The molecule has 2 N–H and O–H groups in total. The molecular formula is C23H30N2O4. The molecule has 2 amide bonds. The maximum Gasteiger partial charge on any atom is 0.251 e. The van der Waals surface area contributed by atoms with Gasteiger partial charge in [0.1, 0.15) is 0 Å². The molecular weight excluding hydrogens is 368 g/mol. The highest BCUT2D eigenvalue weighted by atomic mass is 16.5. The molecule has 0 spiro atoms. The fourth-order valence-electron chi connectivity index (χ4n) is 2.72. The number of ether oxygens (including phenoxy) is 2. The second-order valence-electron chi connectivity index (χ2n) is 6.86. The molecule has 0 aliphatic rings. The van der Waals surface area contributed by atoms with Crippen molar-refractivity contribution in [3.8, 4) is 11.5 Å². The number of hydrogen-bond acceptors (Lipinski definition) is 4. The van der Waals surface area contributed by atoms with Crippen LogP contribution in [0.1, 0.15) is 62.5 Å². The molecule has 2 aromatic carbocycles. The maximum atomic E-state index is 12.6. The van der Waals surface area contributed by atoms with Crippen LogP contribution in [-0.4, -0.2) is 25.0 Å². The zero-order valence-electron chi connectivity index (χ0n) is 17.6. The molecule has 6 nitrogen and oxygen atoms in total. The van der Waals surface area contributed by atoms with Crippen LogP contribution in [0.2, 0.25) is 0 Å². The average Bonchev–Trinajstić information content (AvgIpc) is 2.70. The first kappa shape index (κ1) is 22.3. The van der Waals surface area contributed by atoms with Crippen LogP contribution in [0.3, 0.4) is 0 Å². The Morgan fingerprint density at radius 2 is 1.55 bits per heavy atom. The molecule has 6 heteroatoms. The Morgan fingerprint density at radius 3 is 2.14 bits per heavy atom. The normalized spacial score (nSPS) is 11.4. The number of rotatable bonds is 10. The van der Waals surface area contributed by atoms with E-state index in [2.05, 4.69) is 24.5 Å². The van der Waals surface area contributed by atoms with Crippen molar-refractivity contribution < 1.29 is 19.1 Å². The lowest BCUT2D eigenvalue weighted by atomic mass is 10.1. The Bertz CT molecular complexity index is 818. The molecule has 0 saturated carbocycles. The first-order valence-electron chi connectivity index (χ1n) is 10.0. The highest BCUT2D eigenvalue weighted by molar-refractivity contribution is 5.95. The van der Waals surface area contributed by atoms with Gasteiger partial charge in [-0.3, -0.25) is 9.59 Å². The molecule has 0 bridgehead atoms. The smallest absolute Gasteiger partial charge is 0.251 e. The minimum atomic E-state index is -0.207. The van der Waals surface area contributed by atoms with Crippen molar-refractivity contribution in [1.29, 1.82) is 0 Å². The first-order chi connectivity index (χ1) is 13.9. The fraction of sp³-hybridized carbons (Fsp3) is 0.391. The third kappa shape index (κ3) is 6.82. The lowest BCUT2D eigenvalue weighted by Gasteiger charge is -2.18. The third-order valence-electron chi connectivity index (χ3n) is 4.21. The van der Waals surface area contributed by atoms with Crippen molar-refractivity contribution in [3.05, 3.63) is 53.6 Å². The Morgan fingerprint density at radius 1 is 0.931 bits per heavy atom. The van der Waals surface area contributed by atoms with Gasteiger partial charge in [-0.25, -0.2) is 0 Å². The summed E-state index contributed by atoms with van der Waals surface area (Å²) < 4.78 is 11.6. The predicted molar refractivity (Wildman–Crippen MR) is 115 cm³/mol. The van der Waals surface area contributed by atoms with E-state index in [1.165, 1.54) is 6.92 Å². The minimum Gasteiger partial charge on any atom is -0.490 e. The predicted octanol–water partition coefficient (Wildman–Crippen LogP) is 4.71. The number of nitrogens with one attached hydrogen (secondary N) is 2. The maximum absolute atomic E-state index is 12.6. The van der Waals surface area contributed by atoms with Gasteiger partial charge in [-0.1, -0.05) is 19.9 Å². The van der Waals surface area contributed by atoms with E-state index >= 15 is 0 Å². The molecule has 1 unspecified atom stereocenters. The molecule has 1 atom stereocenters. The van der Waals surface area contributed by atoms with Gasteiger partial charge in [0.25, 0.3) is 5.91 Å². The van der Waals surface area contributed by atoms with Crippen LogP contribution in [0.15, 0.2) is 42.5 Å². The van der Waals surface area contributed by atoms with Gasteiger partial charge < -0.3 is 20.1 Å². The molecule has 0 fully saturated rings. The van der Waals surface area contributed by atoms with Crippen LogP contribution in [0.25, 0.3) is 0 Å². The topological polar surface area (TPSA) is 76.7 Å². The Kier molecular flexibility index (Phi) is 8.52. The zero-order chi connectivity index (χ0) is 21.2. The summed E-state index contributed by atoms with van der Waals surface area (Å²) in [5, 5.41) is 5.68. The zero-order valence-corrected chi connectivity index (χ0v) is 17.6. The van der Waals surface area contributed by atoms with Gasteiger partial charge in [-0.05, 0) is 61.7 Å². The lowest BCUT2D eigenvalue weighted by molar-refractivity contribution is -0.114. The molecule has 0 aromatic heterocycles. The van der Waals surface area contributed by atoms with Gasteiger partial charge in [0, 0.05) is 18.2 Å². The van der Waals surface area contributed by atoms with E-state index in [0.717, 1.165) is 24.2 Å². The van der Waals surface area contributed by atoms with E-state index < -0.39 is 0 Å². The van der Waals surface area contributed by atoms with Gasteiger partial charge in [0.15, 0.2) is 11.5 Å². The van der Waals surface area contributed by atoms with Crippen LogP contribution >= 0.6 is 0 Å². The number of anilines is 1. The molecule has 29 heavy (non-hydrogen) atoms. The highest BCUT2D eigenvalue weighted by Gasteiger charge is 2.15. The van der Waals surface area contributed by atoms with Gasteiger partial charge in [-0.2, -0.15) is 0 Å². The third-order valence-corrected chi connectivity index (χ3v) is 4.21. The largest absolute Gasteiger partial charge is 0.490 e. The van der Waals surface area contributed by atoms with Crippen molar-refractivity contribution in [1.82, 2.24) is 5.32 Å². The van der Waals surface area contributed by atoms with E-state index in [0.29, 0.717) is 30.2 Å². The summed E-state index contributed by atoms with van der Waals surface area (Å²) in [6.07, 6.45) is 1.82. The second kappa shape index (κ2) is 11.1. The molecule has 2 aromatic rings. The number of hydrogen-bond donors (Lipinski definition) is 2. The molecule has 0 aliphatic heterocycles. The van der Waals surface area contributed by atoms with Crippen LogP contribution in [0, 0.1) is 0 Å². The molecule has 0 heterocycles. The summed E-state index contributed by atoms with van der Waals surface area (Å²) in [5.74, 6) is 1.08. The summed E-state index contributed by atoms with van der Waals surface area (Å²) >= 11 is 0. The summed E-state index contributed by atoms with van der Waals surface area (Å²) in [6.45, 7) is 8.71. The van der Waals surface area contributed by atoms with Crippen molar-refractivity contribution in [3.63, 3.8) is 0 Å². The van der Waals surface area contributed by atoms with Gasteiger partial charge in [0.05, 0.1) is 19.3 Å². The summed E-state index contributed by atoms with van der Waals surface area (Å²) in [6, 6.07) is 12.3. The lowest BCUT2D eigenvalue weighted by Crippen LogP contribution is -2.26. The van der Waals surface area contributed by atoms with Crippen molar-refractivity contribution >= 4 is 17.5 Å².